The van der Waals surface area contributed by atoms with Crippen molar-refractivity contribution in [3.63, 3.8) is 0 Å². The van der Waals surface area contributed by atoms with Crippen molar-refractivity contribution in [2.24, 2.45) is 0 Å². The number of amides is 2. The predicted octanol–water partition coefficient (Wildman–Crippen LogP) is 5.10. The van der Waals surface area contributed by atoms with Gasteiger partial charge in [0.25, 0.3) is 0 Å². The van der Waals surface area contributed by atoms with E-state index in [2.05, 4.69) is 11.4 Å². The summed E-state index contributed by atoms with van der Waals surface area (Å²) in [6.45, 7) is 4.48. The molecular formula is C27H36N2O3S. The lowest BCUT2D eigenvalue weighted by molar-refractivity contribution is -0.139. The average molecular weight is 469 g/mol. The summed E-state index contributed by atoms with van der Waals surface area (Å²) in [6.07, 6.45) is 4.99. The fourth-order valence-electron chi connectivity index (χ4n) is 4.36. The lowest BCUT2D eigenvalue weighted by Gasteiger charge is -2.31. The molecule has 2 aromatic rings. The molecule has 0 saturated heterocycles. The van der Waals surface area contributed by atoms with E-state index < -0.39 is 6.04 Å². The van der Waals surface area contributed by atoms with Gasteiger partial charge in [0.2, 0.25) is 11.8 Å². The van der Waals surface area contributed by atoms with Crippen LogP contribution >= 0.6 is 11.8 Å². The first-order valence-electron chi connectivity index (χ1n) is 11.9. The topological polar surface area (TPSA) is 58.6 Å². The second kappa shape index (κ2) is 12.7. The minimum atomic E-state index is -0.458. The Morgan fingerprint density at radius 3 is 2.48 bits per heavy atom. The Balaban J connectivity index is 1.68. The summed E-state index contributed by atoms with van der Waals surface area (Å²) >= 11 is 1.58. The number of nitrogens with one attached hydrogen (secondary N) is 1. The van der Waals surface area contributed by atoms with Gasteiger partial charge in [-0.25, -0.2) is 0 Å². The minimum Gasteiger partial charge on any atom is -0.497 e. The van der Waals surface area contributed by atoms with E-state index in [1.807, 2.05) is 56.3 Å². The highest BCUT2D eigenvalue weighted by molar-refractivity contribution is 7.99. The number of benzene rings is 2. The molecule has 2 amide bonds. The first kappa shape index (κ1) is 25.2. The lowest BCUT2D eigenvalue weighted by Crippen LogP contribution is -2.51. The molecule has 1 unspecified atom stereocenters. The van der Waals surface area contributed by atoms with Crippen molar-refractivity contribution in [1.29, 1.82) is 0 Å². The number of ether oxygens (including phenoxy) is 1. The van der Waals surface area contributed by atoms with Crippen molar-refractivity contribution in [1.82, 2.24) is 10.2 Å². The summed E-state index contributed by atoms with van der Waals surface area (Å²) in [6, 6.07) is 15.9. The van der Waals surface area contributed by atoms with Gasteiger partial charge in [-0.05, 0) is 49.4 Å². The third-order valence-electron chi connectivity index (χ3n) is 6.18. The summed E-state index contributed by atoms with van der Waals surface area (Å²) < 4.78 is 5.21. The maximum atomic E-state index is 13.4. The van der Waals surface area contributed by atoms with Crippen molar-refractivity contribution in [2.75, 3.05) is 12.9 Å². The van der Waals surface area contributed by atoms with Gasteiger partial charge in [0, 0.05) is 18.3 Å². The van der Waals surface area contributed by atoms with Crippen molar-refractivity contribution < 1.29 is 14.3 Å². The zero-order valence-electron chi connectivity index (χ0n) is 20.0. The highest BCUT2D eigenvalue weighted by Gasteiger charge is 2.30. The molecule has 0 spiro atoms. The van der Waals surface area contributed by atoms with Crippen molar-refractivity contribution in [3.8, 4) is 5.75 Å². The van der Waals surface area contributed by atoms with Gasteiger partial charge in [-0.2, -0.15) is 0 Å². The Labute approximate surface area is 202 Å². The molecule has 0 aromatic heterocycles. The SMILES string of the molecule is CCC(C(=O)NC1CCCC1)N(Cc1cccc(C)c1)C(=O)CSCc1ccc(OC)cc1. The van der Waals surface area contributed by atoms with Crippen LogP contribution in [-0.4, -0.2) is 41.7 Å². The first-order chi connectivity index (χ1) is 16.0. The number of carbonyl (C=O) groups excluding carboxylic acids is 2. The normalized spacial score (nSPS) is 14.6. The van der Waals surface area contributed by atoms with Crippen LogP contribution in [0.1, 0.15) is 55.7 Å². The van der Waals surface area contributed by atoms with Crippen LogP contribution in [0.5, 0.6) is 5.75 Å². The Hall–Kier alpha value is -2.47. The van der Waals surface area contributed by atoms with E-state index in [1.165, 1.54) is 0 Å². The molecule has 1 N–H and O–H groups in total. The zero-order valence-corrected chi connectivity index (χ0v) is 20.8. The van der Waals surface area contributed by atoms with Crippen LogP contribution in [-0.2, 0) is 21.9 Å². The summed E-state index contributed by atoms with van der Waals surface area (Å²) in [7, 11) is 1.65. The molecule has 6 heteroatoms. The van der Waals surface area contributed by atoms with Gasteiger partial charge in [-0.3, -0.25) is 9.59 Å². The predicted molar refractivity (Wildman–Crippen MR) is 135 cm³/mol. The van der Waals surface area contributed by atoms with E-state index in [0.717, 1.165) is 53.9 Å². The van der Waals surface area contributed by atoms with E-state index in [9.17, 15) is 9.59 Å². The van der Waals surface area contributed by atoms with Crippen molar-refractivity contribution in [3.05, 3.63) is 65.2 Å². The van der Waals surface area contributed by atoms with Gasteiger partial charge in [0.05, 0.1) is 12.9 Å². The minimum absolute atomic E-state index is 0.00318. The van der Waals surface area contributed by atoms with Crippen LogP contribution in [0.15, 0.2) is 48.5 Å². The summed E-state index contributed by atoms with van der Waals surface area (Å²) in [5.41, 5.74) is 3.35. The molecule has 33 heavy (non-hydrogen) atoms. The molecule has 2 aromatic carbocycles. The maximum Gasteiger partial charge on any atom is 0.243 e. The van der Waals surface area contributed by atoms with Gasteiger partial charge in [-0.1, -0.05) is 61.7 Å². The molecular weight excluding hydrogens is 432 g/mol. The van der Waals surface area contributed by atoms with Crippen LogP contribution in [0.25, 0.3) is 0 Å². The average Bonchev–Trinajstić information content (AvgIpc) is 3.32. The number of carbonyl (C=O) groups is 2. The van der Waals surface area contributed by atoms with E-state index in [1.54, 1.807) is 23.8 Å². The number of thioether (sulfide) groups is 1. The quantitative estimate of drug-likeness (QED) is 0.498. The molecule has 1 fully saturated rings. The standard InChI is InChI=1S/C27H36N2O3S/c1-4-25(27(31)28-23-10-5-6-11-23)29(17-22-9-7-8-20(2)16-22)26(30)19-33-18-21-12-14-24(32-3)15-13-21/h7-9,12-16,23,25H,4-6,10-11,17-19H2,1-3H3,(H,28,31). The van der Waals surface area contributed by atoms with Crippen LogP contribution < -0.4 is 10.1 Å². The second-order valence-electron chi connectivity index (χ2n) is 8.77. The third kappa shape index (κ3) is 7.53. The Morgan fingerprint density at radius 1 is 1.12 bits per heavy atom. The number of nitrogens with zero attached hydrogens (tertiary/aromatic N) is 1. The Kier molecular flexibility index (Phi) is 9.67. The van der Waals surface area contributed by atoms with Crippen LogP contribution in [0.4, 0.5) is 0 Å². The van der Waals surface area contributed by atoms with Crippen LogP contribution in [0, 0.1) is 6.92 Å². The molecule has 0 radical (unpaired) electrons. The molecule has 5 nitrogen and oxygen atoms in total. The summed E-state index contributed by atoms with van der Waals surface area (Å²) in [5, 5.41) is 3.20. The van der Waals surface area contributed by atoms with E-state index in [-0.39, 0.29) is 17.9 Å². The zero-order chi connectivity index (χ0) is 23.6. The van der Waals surface area contributed by atoms with Gasteiger partial charge < -0.3 is 15.0 Å². The number of methoxy groups -OCH3 is 1. The number of aryl methyl sites for hydroxylation is 1. The van der Waals surface area contributed by atoms with E-state index >= 15 is 0 Å². The van der Waals surface area contributed by atoms with E-state index in [0.29, 0.717) is 18.7 Å². The van der Waals surface area contributed by atoms with Gasteiger partial charge in [0.15, 0.2) is 0 Å². The molecule has 3 rings (SSSR count). The molecule has 1 saturated carbocycles. The lowest BCUT2D eigenvalue weighted by atomic mass is 10.1. The fourth-order valence-corrected chi connectivity index (χ4v) is 5.23. The summed E-state index contributed by atoms with van der Waals surface area (Å²) in [4.78, 5) is 28.3. The third-order valence-corrected chi connectivity index (χ3v) is 7.16. The Morgan fingerprint density at radius 2 is 1.85 bits per heavy atom. The van der Waals surface area contributed by atoms with Gasteiger partial charge in [-0.15, -0.1) is 11.8 Å². The van der Waals surface area contributed by atoms with Crippen LogP contribution in [0.2, 0.25) is 0 Å². The van der Waals surface area contributed by atoms with Gasteiger partial charge in [0.1, 0.15) is 11.8 Å². The van der Waals surface area contributed by atoms with Crippen molar-refractivity contribution >= 4 is 23.6 Å². The smallest absolute Gasteiger partial charge is 0.243 e. The first-order valence-corrected chi connectivity index (χ1v) is 13.0. The molecule has 1 atom stereocenters. The highest BCUT2D eigenvalue weighted by Crippen LogP contribution is 2.21. The highest BCUT2D eigenvalue weighted by atomic mass is 32.2. The fraction of sp³-hybridized carbons (Fsp3) is 0.481. The van der Waals surface area contributed by atoms with Crippen LogP contribution in [0.3, 0.4) is 0 Å². The van der Waals surface area contributed by atoms with Crippen molar-refractivity contribution in [2.45, 2.75) is 70.3 Å². The summed E-state index contributed by atoms with van der Waals surface area (Å²) in [5.74, 6) is 1.88. The molecule has 178 valence electrons. The largest absolute Gasteiger partial charge is 0.497 e. The molecule has 1 aliphatic rings. The number of hydrogen-bond donors (Lipinski definition) is 1. The second-order valence-corrected chi connectivity index (χ2v) is 9.75. The maximum absolute atomic E-state index is 13.4. The van der Waals surface area contributed by atoms with Gasteiger partial charge >= 0.3 is 0 Å². The van der Waals surface area contributed by atoms with E-state index in [4.69, 9.17) is 4.74 Å². The number of hydrogen-bond acceptors (Lipinski definition) is 4. The molecule has 0 heterocycles. The molecule has 1 aliphatic carbocycles. The molecule has 0 bridgehead atoms. The molecule has 0 aliphatic heterocycles. The monoisotopic (exact) mass is 468 g/mol. The Bertz CT molecular complexity index is 910. The number of rotatable bonds is 11.